The highest BCUT2D eigenvalue weighted by Gasteiger charge is 2.20. The molecule has 6 heteroatoms. The van der Waals surface area contributed by atoms with E-state index < -0.39 is 0 Å². The van der Waals surface area contributed by atoms with Gasteiger partial charge >= 0.3 is 0 Å². The second kappa shape index (κ2) is 8.33. The van der Waals surface area contributed by atoms with Gasteiger partial charge in [0.2, 0.25) is 11.7 Å². The number of benzene rings is 2. The average molecular weight is 427 g/mol. The maximum Gasteiger partial charge on any atom is 0.241 e. The van der Waals surface area contributed by atoms with E-state index in [-0.39, 0.29) is 0 Å². The Labute approximate surface area is 168 Å². The Morgan fingerprint density at radius 2 is 1.59 bits per heavy atom. The quantitative estimate of drug-likeness (QED) is 0.613. The normalized spacial score (nSPS) is 15.9. The van der Waals surface area contributed by atoms with Gasteiger partial charge in [0.25, 0.3) is 0 Å². The third kappa shape index (κ3) is 4.46. The molecule has 0 saturated carbocycles. The van der Waals surface area contributed by atoms with E-state index in [1.807, 2.05) is 18.2 Å². The van der Waals surface area contributed by atoms with Crippen LogP contribution in [0.3, 0.4) is 0 Å². The minimum absolute atomic E-state index is 0.677. The lowest BCUT2D eigenvalue weighted by Gasteiger charge is -2.34. The summed E-state index contributed by atoms with van der Waals surface area (Å²) < 4.78 is 6.67. The van der Waals surface area contributed by atoms with Crippen LogP contribution in [0.25, 0.3) is 11.4 Å². The van der Waals surface area contributed by atoms with Gasteiger partial charge in [0.05, 0.1) is 6.54 Å². The molecule has 1 aliphatic rings. The number of aryl methyl sites for hydroxylation is 1. The highest BCUT2D eigenvalue weighted by Crippen LogP contribution is 2.21. The zero-order valence-corrected chi connectivity index (χ0v) is 17.0. The van der Waals surface area contributed by atoms with E-state index in [9.17, 15) is 0 Å². The zero-order valence-electron chi connectivity index (χ0n) is 15.4. The highest BCUT2D eigenvalue weighted by molar-refractivity contribution is 9.10. The maximum atomic E-state index is 5.49. The van der Waals surface area contributed by atoms with Crippen molar-refractivity contribution < 1.29 is 4.52 Å². The summed E-state index contributed by atoms with van der Waals surface area (Å²) >= 11 is 3.64. The van der Waals surface area contributed by atoms with E-state index in [2.05, 4.69) is 73.1 Å². The monoisotopic (exact) mass is 426 g/mol. The molecule has 0 unspecified atom stereocenters. The molecule has 1 saturated heterocycles. The van der Waals surface area contributed by atoms with Gasteiger partial charge in [0, 0.05) is 42.8 Å². The lowest BCUT2D eigenvalue weighted by atomic mass is 10.1. The Hall–Kier alpha value is -2.02. The molecule has 4 rings (SSSR count). The van der Waals surface area contributed by atoms with Crippen molar-refractivity contribution in [3.05, 3.63) is 70.0 Å². The molecular weight excluding hydrogens is 404 g/mol. The molecule has 0 atom stereocenters. The molecule has 0 amide bonds. The second-order valence-electron chi connectivity index (χ2n) is 6.97. The number of hydrogen-bond donors (Lipinski definition) is 0. The summed E-state index contributed by atoms with van der Waals surface area (Å²) in [5.74, 6) is 1.36. The van der Waals surface area contributed by atoms with E-state index >= 15 is 0 Å². The minimum Gasteiger partial charge on any atom is -0.338 e. The largest absolute Gasteiger partial charge is 0.338 e. The van der Waals surface area contributed by atoms with Crippen LogP contribution in [0.5, 0.6) is 0 Å². The molecule has 0 radical (unpaired) electrons. The Morgan fingerprint density at radius 3 is 2.33 bits per heavy atom. The summed E-state index contributed by atoms with van der Waals surface area (Å²) in [7, 11) is 0. The second-order valence-corrected chi connectivity index (χ2v) is 7.82. The molecular formula is C21H23BrN4O. The first kappa shape index (κ1) is 18.3. The number of nitrogens with zero attached hydrogens (tertiary/aromatic N) is 4. The molecule has 0 bridgehead atoms. The topological polar surface area (TPSA) is 45.4 Å². The molecule has 140 valence electrons. The standard InChI is InChI=1S/C21H23BrN4O/c1-16-6-2-4-8-18(16)21-23-20(27-24-21)15-26-12-10-25(11-13-26)14-17-7-3-5-9-19(17)22/h2-9H,10-15H2,1H3. The number of rotatable bonds is 5. The third-order valence-corrected chi connectivity index (χ3v) is 5.80. The number of piperazine rings is 1. The minimum atomic E-state index is 0.677. The molecule has 2 heterocycles. The van der Waals surface area contributed by atoms with Gasteiger partial charge in [-0.25, -0.2) is 0 Å². The summed E-state index contributed by atoms with van der Waals surface area (Å²) in [4.78, 5) is 9.46. The van der Waals surface area contributed by atoms with Crippen LogP contribution in [-0.2, 0) is 13.1 Å². The van der Waals surface area contributed by atoms with E-state index in [0.717, 1.165) is 43.9 Å². The van der Waals surface area contributed by atoms with Crippen LogP contribution in [0.1, 0.15) is 17.0 Å². The van der Waals surface area contributed by atoms with E-state index in [0.29, 0.717) is 18.3 Å². The van der Waals surface area contributed by atoms with Crippen LogP contribution >= 0.6 is 15.9 Å². The van der Waals surface area contributed by atoms with Crippen molar-refractivity contribution in [2.24, 2.45) is 0 Å². The third-order valence-electron chi connectivity index (χ3n) is 5.03. The first-order chi connectivity index (χ1) is 13.2. The van der Waals surface area contributed by atoms with Crippen molar-refractivity contribution >= 4 is 15.9 Å². The predicted molar refractivity (Wildman–Crippen MR) is 109 cm³/mol. The van der Waals surface area contributed by atoms with Crippen molar-refractivity contribution in [1.29, 1.82) is 0 Å². The van der Waals surface area contributed by atoms with Gasteiger partial charge in [-0.2, -0.15) is 4.98 Å². The fourth-order valence-corrected chi connectivity index (χ4v) is 3.83. The number of halogens is 1. The predicted octanol–water partition coefficient (Wildman–Crippen LogP) is 4.13. The van der Waals surface area contributed by atoms with Gasteiger partial charge in [-0.15, -0.1) is 0 Å². The molecule has 0 aliphatic carbocycles. The SMILES string of the molecule is Cc1ccccc1-c1noc(CN2CCN(Cc3ccccc3Br)CC2)n1. The average Bonchev–Trinajstić information content (AvgIpc) is 3.14. The molecule has 3 aromatic rings. The Bertz CT molecular complexity index is 902. The van der Waals surface area contributed by atoms with Gasteiger partial charge < -0.3 is 4.52 Å². The first-order valence-corrected chi connectivity index (χ1v) is 10.0. The van der Waals surface area contributed by atoms with Crippen LogP contribution < -0.4 is 0 Å². The summed E-state index contributed by atoms with van der Waals surface area (Å²) in [6.45, 7) is 7.85. The Kier molecular flexibility index (Phi) is 5.66. The molecule has 0 N–H and O–H groups in total. The molecule has 1 fully saturated rings. The molecule has 2 aromatic carbocycles. The van der Waals surface area contributed by atoms with E-state index in [1.54, 1.807) is 0 Å². The number of aromatic nitrogens is 2. The van der Waals surface area contributed by atoms with Crippen LogP contribution in [0.4, 0.5) is 0 Å². The summed E-state index contributed by atoms with van der Waals surface area (Å²) in [5.41, 5.74) is 3.53. The highest BCUT2D eigenvalue weighted by atomic mass is 79.9. The van der Waals surface area contributed by atoms with Gasteiger partial charge in [-0.3, -0.25) is 9.80 Å². The Balaban J connectivity index is 1.32. The zero-order chi connectivity index (χ0) is 18.6. The fourth-order valence-electron chi connectivity index (χ4n) is 3.42. The van der Waals surface area contributed by atoms with Crippen molar-refractivity contribution in [2.75, 3.05) is 26.2 Å². The molecule has 0 spiro atoms. The van der Waals surface area contributed by atoms with Crippen molar-refractivity contribution in [3.8, 4) is 11.4 Å². The fraction of sp³-hybridized carbons (Fsp3) is 0.333. The molecule has 1 aliphatic heterocycles. The van der Waals surface area contributed by atoms with Gasteiger partial charge in [0.1, 0.15) is 0 Å². The van der Waals surface area contributed by atoms with Crippen molar-refractivity contribution in [3.63, 3.8) is 0 Å². The van der Waals surface area contributed by atoms with Gasteiger partial charge in [-0.1, -0.05) is 63.6 Å². The Morgan fingerprint density at radius 1 is 0.926 bits per heavy atom. The summed E-state index contributed by atoms with van der Waals surface area (Å²) in [5, 5.41) is 4.16. The molecule has 27 heavy (non-hydrogen) atoms. The van der Waals surface area contributed by atoms with Crippen LogP contribution in [0.15, 0.2) is 57.5 Å². The van der Waals surface area contributed by atoms with Crippen molar-refractivity contribution in [2.45, 2.75) is 20.0 Å². The van der Waals surface area contributed by atoms with Crippen LogP contribution in [0, 0.1) is 6.92 Å². The summed E-state index contributed by atoms with van der Waals surface area (Å²) in [6.07, 6.45) is 0. The first-order valence-electron chi connectivity index (χ1n) is 9.26. The van der Waals surface area contributed by atoms with Gasteiger partial charge in [-0.05, 0) is 24.1 Å². The summed E-state index contributed by atoms with van der Waals surface area (Å²) in [6, 6.07) is 16.6. The van der Waals surface area contributed by atoms with Crippen molar-refractivity contribution in [1.82, 2.24) is 19.9 Å². The lowest BCUT2D eigenvalue weighted by Crippen LogP contribution is -2.45. The molecule has 5 nitrogen and oxygen atoms in total. The molecule has 1 aromatic heterocycles. The van der Waals surface area contributed by atoms with Gasteiger partial charge in [0.15, 0.2) is 0 Å². The lowest BCUT2D eigenvalue weighted by molar-refractivity contribution is 0.112. The van der Waals surface area contributed by atoms with Crippen LogP contribution in [0.2, 0.25) is 0 Å². The van der Waals surface area contributed by atoms with E-state index in [4.69, 9.17) is 4.52 Å². The smallest absolute Gasteiger partial charge is 0.241 e. The maximum absolute atomic E-state index is 5.49. The van der Waals surface area contributed by atoms with E-state index in [1.165, 1.54) is 10.0 Å². The van der Waals surface area contributed by atoms with Crippen LogP contribution in [-0.4, -0.2) is 46.1 Å². The number of hydrogen-bond acceptors (Lipinski definition) is 5.